The predicted molar refractivity (Wildman–Crippen MR) is 74.8 cm³/mol. The van der Waals surface area contributed by atoms with Gasteiger partial charge >= 0.3 is 0 Å². The standard InChI is InChI=1S/C14H19N5O2/c1-10(2)13-12(16-9-21-13)14(20)18-5-3-4-11(6-18)19-8-15-7-17-19/h7-11H,3-6H2,1-2H3/t11-/m1/s1. The summed E-state index contributed by atoms with van der Waals surface area (Å²) >= 11 is 0. The third-order valence-corrected chi connectivity index (χ3v) is 3.82. The van der Waals surface area contributed by atoms with E-state index in [1.54, 1.807) is 6.33 Å². The van der Waals surface area contributed by atoms with Gasteiger partial charge in [0.2, 0.25) is 0 Å². The molecule has 0 aromatic carbocycles. The van der Waals surface area contributed by atoms with E-state index in [9.17, 15) is 4.79 Å². The molecule has 1 amide bonds. The second-order valence-electron chi connectivity index (χ2n) is 5.64. The van der Waals surface area contributed by atoms with Crippen molar-refractivity contribution in [2.24, 2.45) is 0 Å². The maximum atomic E-state index is 12.7. The van der Waals surface area contributed by atoms with Gasteiger partial charge in [0.25, 0.3) is 5.91 Å². The van der Waals surface area contributed by atoms with Crippen molar-refractivity contribution in [1.29, 1.82) is 0 Å². The molecule has 1 fully saturated rings. The van der Waals surface area contributed by atoms with E-state index in [-0.39, 0.29) is 17.9 Å². The van der Waals surface area contributed by atoms with Crippen molar-refractivity contribution >= 4 is 5.91 Å². The van der Waals surface area contributed by atoms with Crippen molar-refractivity contribution in [1.82, 2.24) is 24.6 Å². The lowest BCUT2D eigenvalue weighted by Crippen LogP contribution is -2.41. The Morgan fingerprint density at radius 3 is 3.05 bits per heavy atom. The van der Waals surface area contributed by atoms with Gasteiger partial charge < -0.3 is 9.32 Å². The first-order valence-electron chi connectivity index (χ1n) is 7.23. The Labute approximate surface area is 123 Å². The van der Waals surface area contributed by atoms with Crippen LogP contribution < -0.4 is 0 Å². The van der Waals surface area contributed by atoms with Crippen LogP contribution in [0, 0.1) is 0 Å². The van der Waals surface area contributed by atoms with Gasteiger partial charge in [0.15, 0.2) is 12.1 Å². The molecule has 0 N–H and O–H groups in total. The van der Waals surface area contributed by atoms with Crippen LogP contribution in [0.25, 0.3) is 0 Å². The molecule has 1 saturated heterocycles. The fraction of sp³-hybridized carbons (Fsp3) is 0.571. The van der Waals surface area contributed by atoms with E-state index in [1.165, 1.54) is 12.7 Å². The van der Waals surface area contributed by atoms with E-state index in [1.807, 2.05) is 23.4 Å². The molecule has 0 radical (unpaired) electrons. The smallest absolute Gasteiger partial charge is 0.276 e. The van der Waals surface area contributed by atoms with Gasteiger partial charge in [-0.1, -0.05) is 13.8 Å². The molecule has 21 heavy (non-hydrogen) atoms. The Morgan fingerprint density at radius 1 is 1.48 bits per heavy atom. The molecule has 7 nitrogen and oxygen atoms in total. The number of aromatic nitrogens is 4. The third-order valence-electron chi connectivity index (χ3n) is 3.82. The molecule has 1 atom stereocenters. The lowest BCUT2D eigenvalue weighted by Gasteiger charge is -2.32. The van der Waals surface area contributed by atoms with Crippen molar-refractivity contribution in [2.45, 2.75) is 38.6 Å². The molecule has 1 aliphatic rings. The van der Waals surface area contributed by atoms with Crippen molar-refractivity contribution in [3.63, 3.8) is 0 Å². The Hall–Kier alpha value is -2.18. The van der Waals surface area contributed by atoms with Crippen LogP contribution >= 0.6 is 0 Å². The van der Waals surface area contributed by atoms with E-state index in [0.717, 1.165) is 19.4 Å². The first-order chi connectivity index (χ1) is 10.2. The highest BCUT2D eigenvalue weighted by Crippen LogP contribution is 2.24. The van der Waals surface area contributed by atoms with Gasteiger partial charge in [0, 0.05) is 19.0 Å². The second-order valence-corrected chi connectivity index (χ2v) is 5.64. The largest absolute Gasteiger partial charge is 0.447 e. The SMILES string of the molecule is CC(C)c1ocnc1C(=O)N1CCC[C@@H](n2cncn2)C1. The molecule has 3 rings (SSSR count). The van der Waals surface area contributed by atoms with Crippen LogP contribution in [0.1, 0.15) is 54.9 Å². The second kappa shape index (κ2) is 5.67. The molecule has 0 bridgehead atoms. The zero-order chi connectivity index (χ0) is 14.8. The molecule has 0 spiro atoms. The van der Waals surface area contributed by atoms with Crippen LogP contribution in [0.15, 0.2) is 23.5 Å². The summed E-state index contributed by atoms with van der Waals surface area (Å²) in [6, 6.07) is 0.180. The summed E-state index contributed by atoms with van der Waals surface area (Å²) in [5, 5.41) is 4.18. The topological polar surface area (TPSA) is 77.0 Å². The van der Waals surface area contributed by atoms with Gasteiger partial charge in [-0.15, -0.1) is 0 Å². The summed E-state index contributed by atoms with van der Waals surface area (Å²) in [6.45, 7) is 5.36. The number of hydrogen-bond donors (Lipinski definition) is 0. The van der Waals surface area contributed by atoms with Crippen LogP contribution in [0.5, 0.6) is 0 Å². The summed E-state index contributed by atoms with van der Waals surface area (Å²) in [6.07, 6.45) is 6.53. The number of amides is 1. The monoisotopic (exact) mass is 289 g/mol. The van der Waals surface area contributed by atoms with E-state index in [0.29, 0.717) is 18.0 Å². The number of piperidine rings is 1. The summed E-state index contributed by atoms with van der Waals surface area (Å²) in [7, 11) is 0. The average Bonchev–Trinajstić information content (AvgIpc) is 3.17. The summed E-state index contributed by atoms with van der Waals surface area (Å²) in [5.41, 5.74) is 0.434. The summed E-state index contributed by atoms with van der Waals surface area (Å²) in [4.78, 5) is 22.6. The van der Waals surface area contributed by atoms with E-state index in [2.05, 4.69) is 15.1 Å². The van der Waals surface area contributed by atoms with Crippen molar-refractivity contribution in [3.8, 4) is 0 Å². The number of oxazole rings is 1. The Bertz CT molecular complexity index is 605. The van der Waals surface area contributed by atoms with Crippen LogP contribution in [0.3, 0.4) is 0 Å². The highest BCUT2D eigenvalue weighted by atomic mass is 16.3. The minimum Gasteiger partial charge on any atom is -0.447 e. The Kier molecular flexibility index (Phi) is 3.72. The number of rotatable bonds is 3. The van der Waals surface area contributed by atoms with Crippen molar-refractivity contribution in [3.05, 3.63) is 30.5 Å². The summed E-state index contributed by atoms with van der Waals surface area (Å²) < 4.78 is 7.18. The molecule has 112 valence electrons. The highest BCUT2D eigenvalue weighted by molar-refractivity contribution is 5.93. The summed E-state index contributed by atoms with van der Waals surface area (Å²) in [5.74, 6) is 0.738. The van der Waals surface area contributed by atoms with Crippen LogP contribution in [-0.4, -0.2) is 43.6 Å². The van der Waals surface area contributed by atoms with Crippen LogP contribution in [0.2, 0.25) is 0 Å². The van der Waals surface area contributed by atoms with Gasteiger partial charge in [-0.2, -0.15) is 5.10 Å². The Morgan fingerprint density at radius 2 is 2.33 bits per heavy atom. The molecule has 1 aliphatic heterocycles. The van der Waals surface area contributed by atoms with E-state index < -0.39 is 0 Å². The molecule has 0 unspecified atom stereocenters. The molecule has 7 heteroatoms. The van der Waals surface area contributed by atoms with Gasteiger partial charge in [0.05, 0.1) is 6.04 Å². The minimum absolute atomic E-state index is 0.0581. The number of nitrogens with zero attached hydrogens (tertiary/aromatic N) is 5. The third kappa shape index (κ3) is 2.68. The average molecular weight is 289 g/mol. The first-order valence-corrected chi connectivity index (χ1v) is 7.23. The Balaban J connectivity index is 1.77. The maximum absolute atomic E-state index is 12.7. The quantitative estimate of drug-likeness (QED) is 0.862. The van der Waals surface area contributed by atoms with Crippen molar-refractivity contribution in [2.75, 3.05) is 13.1 Å². The van der Waals surface area contributed by atoms with Crippen LogP contribution in [0.4, 0.5) is 0 Å². The molecule has 3 heterocycles. The van der Waals surface area contributed by atoms with Gasteiger partial charge in [0.1, 0.15) is 18.4 Å². The van der Waals surface area contributed by atoms with Crippen LogP contribution in [-0.2, 0) is 0 Å². The first kappa shape index (κ1) is 13.8. The molecular weight excluding hydrogens is 270 g/mol. The highest BCUT2D eigenvalue weighted by Gasteiger charge is 2.29. The van der Waals surface area contributed by atoms with E-state index in [4.69, 9.17) is 4.42 Å². The molecule has 0 aliphatic carbocycles. The zero-order valence-corrected chi connectivity index (χ0v) is 12.3. The van der Waals surface area contributed by atoms with Crippen molar-refractivity contribution < 1.29 is 9.21 Å². The number of likely N-dealkylation sites (tertiary alicyclic amines) is 1. The lowest BCUT2D eigenvalue weighted by atomic mass is 10.0. The number of hydrogen-bond acceptors (Lipinski definition) is 5. The van der Waals surface area contributed by atoms with Gasteiger partial charge in [-0.25, -0.2) is 14.6 Å². The zero-order valence-electron chi connectivity index (χ0n) is 12.3. The molecule has 0 saturated carbocycles. The predicted octanol–water partition coefficient (Wildman–Crippen LogP) is 1.87. The molecular formula is C14H19N5O2. The fourth-order valence-corrected chi connectivity index (χ4v) is 2.74. The van der Waals surface area contributed by atoms with E-state index >= 15 is 0 Å². The number of carbonyl (C=O) groups is 1. The molecule has 2 aromatic heterocycles. The van der Waals surface area contributed by atoms with Gasteiger partial charge in [-0.05, 0) is 12.8 Å². The molecule has 2 aromatic rings. The normalized spacial score (nSPS) is 19.2. The lowest BCUT2D eigenvalue weighted by molar-refractivity contribution is 0.0664. The maximum Gasteiger partial charge on any atom is 0.276 e. The minimum atomic E-state index is -0.0581. The fourth-order valence-electron chi connectivity index (χ4n) is 2.74. The number of carbonyl (C=O) groups excluding carboxylic acids is 1. The van der Waals surface area contributed by atoms with Gasteiger partial charge in [-0.3, -0.25) is 4.79 Å².